The highest BCUT2D eigenvalue weighted by Crippen LogP contribution is 2.21. The molecule has 1 heterocycles. The van der Waals surface area contributed by atoms with Gasteiger partial charge in [-0.2, -0.15) is 0 Å². The summed E-state index contributed by atoms with van der Waals surface area (Å²) in [7, 11) is 0. The highest BCUT2D eigenvalue weighted by Gasteiger charge is 2.28. The Balaban J connectivity index is 2.45. The number of aliphatic hydroxyl groups is 1. The molecule has 3 N–H and O–H groups in total. The van der Waals surface area contributed by atoms with Gasteiger partial charge >= 0.3 is 0 Å². The van der Waals surface area contributed by atoms with Crippen LogP contribution in [0.25, 0.3) is 0 Å². The molecule has 4 nitrogen and oxygen atoms in total. The average Bonchev–Trinajstić information content (AvgIpc) is 2.22. The van der Waals surface area contributed by atoms with Gasteiger partial charge in [-0.15, -0.1) is 0 Å². The molecule has 0 bridgehead atoms. The molecule has 15 heavy (non-hydrogen) atoms. The predicted molar refractivity (Wildman–Crippen MR) is 59.3 cm³/mol. The fraction of sp³-hybridized carbons (Fsp3) is 0.909. The minimum Gasteiger partial charge on any atom is -0.393 e. The van der Waals surface area contributed by atoms with Crippen LogP contribution in [0.3, 0.4) is 0 Å². The number of hydrogen-bond donors (Lipinski definition) is 2. The number of nitrogens with two attached hydrogens (primary N) is 1. The quantitative estimate of drug-likeness (QED) is 0.709. The Morgan fingerprint density at radius 2 is 2.33 bits per heavy atom. The largest absolute Gasteiger partial charge is 0.393 e. The second-order valence-electron chi connectivity index (χ2n) is 4.28. The molecule has 1 fully saturated rings. The average molecular weight is 214 g/mol. The molecule has 1 saturated heterocycles. The van der Waals surface area contributed by atoms with Crippen LogP contribution in [0.5, 0.6) is 0 Å². The first-order valence-corrected chi connectivity index (χ1v) is 5.85. The zero-order valence-corrected chi connectivity index (χ0v) is 9.48. The zero-order chi connectivity index (χ0) is 11.3. The van der Waals surface area contributed by atoms with E-state index in [0.29, 0.717) is 32.5 Å². The molecule has 88 valence electrons. The van der Waals surface area contributed by atoms with Crippen molar-refractivity contribution in [3.63, 3.8) is 0 Å². The Kier molecular flexibility index (Phi) is 5.05. The van der Waals surface area contributed by atoms with Crippen molar-refractivity contribution in [1.29, 1.82) is 0 Å². The standard InChI is InChI=1S/C11H22N2O2/c1-2-3-9-8-13(7-5-10(9)14)11(15)4-6-12/h9-10,14H,2-8,12H2,1H3/t9-,10-/m0/s1. The molecule has 0 radical (unpaired) electrons. The fourth-order valence-electron chi connectivity index (χ4n) is 2.18. The van der Waals surface area contributed by atoms with E-state index in [1.165, 1.54) is 0 Å². The van der Waals surface area contributed by atoms with Gasteiger partial charge < -0.3 is 15.7 Å². The third kappa shape index (κ3) is 3.47. The van der Waals surface area contributed by atoms with E-state index >= 15 is 0 Å². The van der Waals surface area contributed by atoms with Crippen molar-refractivity contribution in [2.75, 3.05) is 19.6 Å². The summed E-state index contributed by atoms with van der Waals surface area (Å²) in [4.78, 5) is 13.5. The summed E-state index contributed by atoms with van der Waals surface area (Å²) in [6.45, 7) is 3.90. The molecular weight excluding hydrogens is 192 g/mol. The summed E-state index contributed by atoms with van der Waals surface area (Å²) in [6, 6.07) is 0. The second-order valence-corrected chi connectivity index (χ2v) is 4.28. The van der Waals surface area contributed by atoms with Crippen molar-refractivity contribution in [2.24, 2.45) is 11.7 Å². The molecule has 1 amide bonds. The first-order valence-electron chi connectivity index (χ1n) is 5.85. The van der Waals surface area contributed by atoms with Gasteiger partial charge in [-0.3, -0.25) is 4.79 Å². The van der Waals surface area contributed by atoms with Crippen molar-refractivity contribution >= 4 is 5.91 Å². The van der Waals surface area contributed by atoms with E-state index in [1.807, 2.05) is 4.90 Å². The molecular formula is C11H22N2O2. The third-order valence-electron chi connectivity index (χ3n) is 3.06. The molecule has 2 atom stereocenters. The van der Waals surface area contributed by atoms with Crippen LogP contribution in [0.2, 0.25) is 0 Å². The smallest absolute Gasteiger partial charge is 0.223 e. The van der Waals surface area contributed by atoms with E-state index in [0.717, 1.165) is 12.8 Å². The number of carbonyl (C=O) groups is 1. The monoisotopic (exact) mass is 214 g/mol. The summed E-state index contributed by atoms with van der Waals surface area (Å²) in [6.07, 6.45) is 2.95. The van der Waals surface area contributed by atoms with E-state index in [2.05, 4.69) is 6.92 Å². The fourth-order valence-corrected chi connectivity index (χ4v) is 2.18. The van der Waals surface area contributed by atoms with Gasteiger partial charge in [0.1, 0.15) is 0 Å². The Labute approximate surface area is 91.4 Å². The summed E-state index contributed by atoms with van der Waals surface area (Å²) in [5.41, 5.74) is 5.36. The number of likely N-dealkylation sites (tertiary alicyclic amines) is 1. The minimum atomic E-state index is -0.230. The van der Waals surface area contributed by atoms with Gasteiger partial charge in [0.05, 0.1) is 6.10 Å². The maximum atomic E-state index is 11.6. The van der Waals surface area contributed by atoms with Crippen molar-refractivity contribution in [3.05, 3.63) is 0 Å². The van der Waals surface area contributed by atoms with Crippen LogP contribution < -0.4 is 5.73 Å². The molecule has 0 saturated carbocycles. The number of amides is 1. The zero-order valence-electron chi connectivity index (χ0n) is 9.48. The van der Waals surface area contributed by atoms with E-state index < -0.39 is 0 Å². The van der Waals surface area contributed by atoms with Crippen LogP contribution in [0.15, 0.2) is 0 Å². The number of piperidine rings is 1. The molecule has 0 spiro atoms. The Hall–Kier alpha value is -0.610. The lowest BCUT2D eigenvalue weighted by Crippen LogP contribution is -2.46. The molecule has 0 aliphatic carbocycles. The van der Waals surface area contributed by atoms with Crippen molar-refractivity contribution in [2.45, 2.75) is 38.7 Å². The van der Waals surface area contributed by atoms with Crippen LogP contribution in [0, 0.1) is 5.92 Å². The Morgan fingerprint density at radius 1 is 1.60 bits per heavy atom. The maximum absolute atomic E-state index is 11.6. The predicted octanol–water partition coefficient (Wildman–Crippen LogP) is 0.345. The molecule has 0 aromatic carbocycles. The number of nitrogens with zero attached hydrogens (tertiary/aromatic N) is 1. The van der Waals surface area contributed by atoms with E-state index in [9.17, 15) is 9.90 Å². The number of hydrogen-bond acceptors (Lipinski definition) is 3. The number of rotatable bonds is 4. The molecule has 0 aromatic rings. The lowest BCUT2D eigenvalue weighted by molar-refractivity contribution is -0.134. The minimum absolute atomic E-state index is 0.130. The highest BCUT2D eigenvalue weighted by atomic mass is 16.3. The van der Waals surface area contributed by atoms with Crippen LogP contribution in [0.4, 0.5) is 0 Å². The van der Waals surface area contributed by atoms with E-state index in [4.69, 9.17) is 5.73 Å². The topological polar surface area (TPSA) is 66.6 Å². The second kappa shape index (κ2) is 6.08. The third-order valence-corrected chi connectivity index (χ3v) is 3.06. The summed E-state index contributed by atoms with van der Waals surface area (Å²) in [5, 5.41) is 9.77. The van der Waals surface area contributed by atoms with Gasteiger partial charge in [-0.05, 0) is 12.8 Å². The Morgan fingerprint density at radius 3 is 2.93 bits per heavy atom. The number of carbonyl (C=O) groups excluding carboxylic acids is 1. The van der Waals surface area contributed by atoms with Gasteiger partial charge in [0.15, 0.2) is 0 Å². The van der Waals surface area contributed by atoms with Crippen LogP contribution in [-0.2, 0) is 4.79 Å². The summed E-state index contributed by atoms with van der Waals surface area (Å²) < 4.78 is 0. The first kappa shape index (κ1) is 12.5. The first-order chi connectivity index (χ1) is 7.19. The Bertz CT molecular complexity index is 209. The highest BCUT2D eigenvalue weighted by molar-refractivity contribution is 5.76. The molecule has 0 unspecified atom stereocenters. The van der Waals surface area contributed by atoms with Crippen molar-refractivity contribution in [1.82, 2.24) is 4.90 Å². The maximum Gasteiger partial charge on any atom is 0.223 e. The van der Waals surface area contributed by atoms with Crippen LogP contribution in [0.1, 0.15) is 32.6 Å². The molecule has 1 rings (SSSR count). The SMILES string of the molecule is CCC[C@H]1CN(C(=O)CCN)CC[C@@H]1O. The normalized spacial score (nSPS) is 26.7. The molecule has 0 aromatic heterocycles. The molecule has 1 aliphatic heterocycles. The summed E-state index contributed by atoms with van der Waals surface area (Å²) >= 11 is 0. The van der Waals surface area contributed by atoms with Gasteiger partial charge in [-0.25, -0.2) is 0 Å². The van der Waals surface area contributed by atoms with E-state index in [-0.39, 0.29) is 17.9 Å². The molecule has 4 heteroatoms. The van der Waals surface area contributed by atoms with Gasteiger partial charge in [0, 0.05) is 32.0 Å². The van der Waals surface area contributed by atoms with Crippen molar-refractivity contribution in [3.8, 4) is 0 Å². The van der Waals surface area contributed by atoms with Gasteiger partial charge in [0.25, 0.3) is 0 Å². The van der Waals surface area contributed by atoms with Crippen LogP contribution >= 0.6 is 0 Å². The van der Waals surface area contributed by atoms with Gasteiger partial charge in [-0.1, -0.05) is 13.3 Å². The lowest BCUT2D eigenvalue weighted by atomic mass is 9.90. The number of aliphatic hydroxyl groups excluding tert-OH is 1. The summed E-state index contributed by atoms with van der Waals surface area (Å²) in [5.74, 6) is 0.385. The van der Waals surface area contributed by atoms with E-state index in [1.54, 1.807) is 0 Å². The van der Waals surface area contributed by atoms with Crippen LogP contribution in [-0.4, -0.2) is 41.7 Å². The van der Waals surface area contributed by atoms with Gasteiger partial charge in [0.2, 0.25) is 5.91 Å². The molecule has 1 aliphatic rings. The lowest BCUT2D eigenvalue weighted by Gasteiger charge is -2.36. The van der Waals surface area contributed by atoms with Crippen molar-refractivity contribution < 1.29 is 9.90 Å².